The van der Waals surface area contributed by atoms with Gasteiger partial charge in [-0.3, -0.25) is 4.79 Å². The summed E-state index contributed by atoms with van der Waals surface area (Å²) in [5.41, 5.74) is 0.592. The molecule has 0 amide bonds. The van der Waals surface area contributed by atoms with Gasteiger partial charge in [0, 0.05) is 10.6 Å². The van der Waals surface area contributed by atoms with E-state index < -0.39 is 15.8 Å². The van der Waals surface area contributed by atoms with E-state index in [-0.39, 0.29) is 26.5 Å². The van der Waals surface area contributed by atoms with Crippen LogP contribution in [0.15, 0.2) is 91.1 Å². The molecule has 0 saturated carbocycles. The summed E-state index contributed by atoms with van der Waals surface area (Å²) in [6.07, 6.45) is 2.58. The monoisotopic (exact) mass is 452 g/mol. The number of aliphatic imine (C=N–C) groups is 1. The number of carbonyl (C=O) groups is 1. The maximum absolute atomic E-state index is 12.7. The van der Waals surface area contributed by atoms with Gasteiger partial charge in [0.2, 0.25) is 5.78 Å². The van der Waals surface area contributed by atoms with Crippen LogP contribution in [-0.4, -0.2) is 25.7 Å². The molecular weight excluding hydrogens is 443 g/mol. The highest BCUT2D eigenvalue weighted by Gasteiger charge is 2.19. The lowest BCUT2D eigenvalue weighted by molar-refractivity contribution is -0.111. The molecule has 0 spiro atoms. The number of nitrogens with zero attached hydrogens (tertiary/aromatic N) is 2. The smallest absolute Gasteiger partial charge is 0.284 e. The number of hydrogen-bond acceptors (Lipinski definition) is 3. The largest absolute Gasteiger partial charge is 0.287 e. The molecule has 0 bridgehead atoms. The van der Waals surface area contributed by atoms with Gasteiger partial charge < -0.3 is 0 Å². The van der Waals surface area contributed by atoms with E-state index in [9.17, 15) is 13.2 Å². The van der Waals surface area contributed by atoms with Gasteiger partial charge in [-0.25, -0.2) is 4.99 Å². The van der Waals surface area contributed by atoms with Crippen LogP contribution in [0.3, 0.4) is 0 Å². The second kappa shape index (κ2) is 8.41. The summed E-state index contributed by atoms with van der Waals surface area (Å²) in [6.45, 7) is 0. The number of Topliss-reactive ketones (excluding diaryl/α,β-unsaturated/α-hetero) is 1. The quantitative estimate of drug-likeness (QED) is 0.382. The molecule has 0 heterocycles. The molecule has 0 atom stereocenters. The Labute approximate surface area is 176 Å². The molecular formula is C19H11Cl3N2O3S. The highest BCUT2D eigenvalue weighted by atomic mass is 35.5. The second-order valence-corrected chi connectivity index (χ2v) is 8.42. The Kier molecular flexibility index (Phi) is 6.15. The lowest BCUT2D eigenvalue weighted by Gasteiger charge is -2.08. The van der Waals surface area contributed by atoms with Gasteiger partial charge >= 0.3 is 0 Å². The SMILES string of the molecule is O=C1C(Cl)=CC(=N/C(=N/S(=O)(=O)c2ccccc2)c2ccc(Cl)cc2)C=C1Cl. The fraction of sp³-hybridized carbons (Fsp3) is 0. The summed E-state index contributed by atoms with van der Waals surface area (Å²) in [7, 11) is -4.03. The fourth-order valence-electron chi connectivity index (χ4n) is 2.23. The Morgan fingerprint density at radius 3 is 1.96 bits per heavy atom. The highest BCUT2D eigenvalue weighted by Crippen LogP contribution is 2.21. The Bertz CT molecular complexity index is 1130. The highest BCUT2D eigenvalue weighted by molar-refractivity contribution is 7.90. The summed E-state index contributed by atoms with van der Waals surface area (Å²) in [6, 6.07) is 14.1. The maximum Gasteiger partial charge on any atom is 0.284 e. The van der Waals surface area contributed by atoms with Crippen molar-refractivity contribution in [2.45, 2.75) is 4.90 Å². The summed E-state index contributed by atoms with van der Waals surface area (Å²) in [5, 5.41) is 0.205. The van der Waals surface area contributed by atoms with Crippen LogP contribution in [0.5, 0.6) is 0 Å². The number of rotatable bonds is 3. The van der Waals surface area contributed by atoms with Crippen molar-refractivity contribution in [2.75, 3.05) is 0 Å². The molecule has 0 saturated heterocycles. The number of sulfonamides is 1. The van der Waals surface area contributed by atoms with Gasteiger partial charge in [-0.15, -0.1) is 4.40 Å². The maximum atomic E-state index is 12.7. The third-order valence-corrected chi connectivity index (χ3v) is 5.66. The zero-order chi connectivity index (χ0) is 20.3. The molecule has 142 valence electrons. The lowest BCUT2D eigenvalue weighted by atomic mass is 10.1. The molecule has 2 aromatic rings. The average molecular weight is 454 g/mol. The molecule has 0 unspecified atom stereocenters. The normalized spacial score (nSPS) is 15.2. The fourth-order valence-corrected chi connectivity index (χ4v) is 3.81. The van der Waals surface area contributed by atoms with E-state index in [1.54, 1.807) is 42.5 Å². The van der Waals surface area contributed by atoms with Crippen LogP contribution < -0.4 is 0 Å². The van der Waals surface area contributed by atoms with Gasteiger partial charge in [-0.1, -0.05) is 53.0 Å². The Morgan fingerprint density at radius 1 is 0.821 bits per heavy atom. The van der Waals surface area contributed by atoms with Crippen molar-refractivity contribution in [2.24, 2.45) is 9.39 Å². The van der Waals surface area contributed by atoms with Crippen molar-refractivity contribution < 1.29 is 13.2 Å². The van der Waals surface area contributed by atoms with Crippen LogP contribution in [0.1, 0.15) is 5.56 Å². The number of carbonyl (C=O) groups excluding carboxylic acids is 1. The van der Waals surface area contributed by atoms with Crippen LogP contribution in [0.4, 0.5) is 0 Å². The summed E-state index contributed by atoms with van der Waals surface area (Å²) in [4.78, 5) is 15.9. The van der Waals surface area contributed by atoms with Crippen molar-refractivity contribution >= 4 is 62.2 Å². The van der Waals surface area contributed by atoms with Crippen molar-refractivity contribution in [3.63, 3.8) is 0 Å². The number of benzene rings is 2. The van der Waals surface area contributed by atoms with E-state index in [1.807, 2.05) is 0 Å². The number of halogens is 3. The van der Waals surface area contributed by atoms with Gasteiger partial charge in [0.25, 0.3) is 10.0 Å². The Balaban J connectivity index is 2.15. The molecule has 2 aromatic carbocycles. The van der Waals surface area contributed by atoms with E-state index in [1.165, 1.54) is 24.3 Å². The first kappa shape index (κ1) is 20.5. The molecule has 28 heavy (non-hydrogen) atoms. The number of amidine groups is 1. The minimum Gasteiger partial charge on any atom is -0.287 e. The van der Waals surface area contributed by atoms with E-state index in [0.717, 1.165) is 0 Å². The number of allylic oxidation sites excluding steroid dienone is 4. The first-order chi connectivity index (χ1) is 13.3. The van der Waals surface area contributed by atoms with Crippen molar-refractivity contribution in [1.82, 2.24) is 0 Å². The van der Waals surface area contributed by atoms with E-state index in [2.05, 4.69) is 9.39 Å². The summed E-state index contributed by atoms with van der Waals surface area (Å²) >= 11 is 17.6. The van der Waals surface area contributed by atoms with E-state index in [4.69, 9.17) is 34.8 Å². The molecule has 0 aromatic heterocycles. The molecule has 0 N–H and O–H groups in total. The minimum atomic E-state index is -4.03. The van der Waals surface area contributed by atoms with Gasteiger partial charge in [0.05, 0.1) is 20.7 Å². The Morgan fingerprint density at radius 2 is 1.39 bits per heavy atom. The molecule has 5 nitrogen and oxygen atoms in total. The average Bonchev–Trinajstić information content (AvgIpc) is 2.67. The van der Waals surface area contributed by atoms with Crippen LogP contribution in [0.2, 0.25) is 5.02 Å². The molecule has 1 aliphatic carbocycles. The van der Waals surface area contributed by atoms with Gasteiger partial charge in [0.15, 0.2) is 5.84 Å². The van der Waals surface area contributed by atoms with Crippen molar-refractivity contribution in [3.8, 4) is 0 Å². The van der Waals surface area contributed by atoms with Gasteiger partial charge in [0.1, 0.15) is 0 Å². The molecule has 0 aliphatic heterocycles. The first-order valence-electron chi connectivity index (χ1n) is 7.80. The lowest BCUT2D eigenvalue weighted by Crippen LogP contribution is -2.11. The zero-order valence-corrected chi connectivity index (χ0v) is 17.1. The third kappa shape index (κ3) is 4.77. The number of ketones is 1. The minimum absolute atomic E-state index is 0.0163. The number of hydrogen-bond donors (Lipinski definition) is 0. The summed E-state index contributed by atoms with van der Waals surface area (Å²) < 4.78 is 29.2. The molecule has 0 radical (unpaired) electrons. The van der Waals surface area contributed by atoms with Gasteiger partial charge in [-0.2, -0.15) is 8.42 Å². The molecule has 1 aliphatic rings. The van der Waals surface area contributed by atoms with E-state index in [0.29, 0.717) is 10.6 Å². The molecule has 3 rings (SSSR count). The zero-order valence-electron chi connectivity index (χ0n) is 14.0. The Hall–Kier alpha value is -2.25. The predicted molar refractivity (Wildman–Crippen MR) is 112 cm³/mol. The van der Waals surface area contributed by atoms with E-state index >= 15 is 0 Å². The van der Waals surface area contributed by atoms with Crippen molar-refractivity contribution in [3.05, 3.63) is 87.4 Å². The topological polar surface area (TPSA) is 75.9 Å². The van der Waals surface area contributed by atoms with Crippen molar-refractivity contribution in [1.29, 1.82) is 0 Å². The van der Waals surface area contributed by atoms with Crippen LogP contribution in [0.25, 0.3) is 0 Å². The molecule has 0 fully saturated rings. The van der Waals surface area contributed by atoms with Gasteiger partial charge in [-0.05, 0) is 48.6 Å². The molecule has 9 heteroatoms. The standard InChI is InChI=1S/C19H11Cl3N2O3S/c20-13-8-6-12(7-9-13)19(23-14-10-16(21)18(25)17(22)11-14)24-28(26,27)15-4-2-1-3-5-15/h1-11H/b24-19+. The predicted octanol–water partition coefficient (Wildman–Crippen LogP) is 4.74. The van der Waals surface area contributed by atoms with Crippen LogP contribution >= 0.6 is 34.8 Å². The second-order valence-electron chi connectivity index (χ2n) is 5.56. The van der Waals surface area contributed by atoms with Crippen LogP contribution in [0, 0.1) is 0 Å². The van der Waals surface area contributed by atoms with Crippen LogP contribution in [-0.2, 0) is 14.8 Å². The first-order valence-corrected chi connectivity index (χ1v) is 10.4. The third-order valence-electron chi connectivity index (χ3n) is 3.57. The summed E-state index contributed by atoms with van der Waals surface area (Å²) in [5.74, 6) is -0.643.